The summed E-state index contributed by atoms with van der Waals surface area (Å²) < 4.78 is 5.48. The third kappa shape index (κ3) is 7.29. The van der Waals surface area contributed by atoms with Gasteiger partial charge in [-0.3, -0.25) is 0 Å². The lowest BCUT2D eigenvalue weighted by molar-refractivity contribution is -0.123. The van der Waals surface area contributed by atoms with Crippen LogP contribution in [-0.4, -0.2) is 41.7 Å². The van der Waals surface area contributed by atoms with Crippen molar-refractivity contribution in [2.75, 3.05) is 0 Å². The normalized spacial score (nSPS) is 14.1. The molecule has 0 atom stereocenters. The molecule has 100 valence electrons. The molecule has 6 radical (unpaired) electrons. The second-order valence-electron chi connectivity index (χ2n) is 7.58. The van der Waals surface area contributed by atoms with E-state index in [0.29, 0.717) is 0 Å². The van der Waals surface area contributed by atoms with Crippen molar-refractivity contribution in [3.05, 3.63) is 0 Å². The number of carbonyl (C=O) groups excluding carboxylic acids is 1. The predicted octanol–water partition coefficient (Wildman–Crippen LogP) is 2.52. The van der Waals surface area contributed by atoms with E-state index in [1.165, 1.54) is 0 Å². The summed E-state index contributed by atoms with van der Waals surface area (Å²) in [6.45, 7) is 14.7. The van der Waals surface area contributed by atoms with Gasteiger partial charge in [0.05, 0.1) is 7.85 Å². The number of carbonyl (C=O) groups is 1. The minimum atomic E-state index is -0.857. The van der Waals surface area contributed by atoms with Crippen molar-refractivity contribution in [2.45, 2.75) is 76.7 Å². The molecule has 0 N–H and O–H groups in total. The van der Waals surface area contributed by atoms with Crippen LogP contribution >= 0.6 is 0 Å². The van der Waals surface area contributed by atoms with Crippen molar-refractivity contribution in [1.82, 2.24) is 0 Å². The van der Waals surface area contributed by atoms with Gasteiger partial charge < -0.3 is 9.45 Å². The second-order valence-corrected chi connectivity index (χ2v) is 7.58. The fourth-order valence-corrected chi connectivity index (χ4v) is 2.16. The molecule has 0 spiro atoms. The molecule has 0 saturated heterocycles. The van der Waals surface area contributed by atoms with Crippen LogP contribution in [0.25, 0.3) is 0 Å². The Labute approximate surface area is 123 Å². The first-order valence-electron chi connectivity index (χ1n) is 6.59. The van der Waals surface area contributed by atoms with Crippen LogP contribution in [-0.2, 0) is 9.45 Å². The lowest BCUT2D eigenvalue weighted by Crippen LogP contribution is -2.40. The number of rotatable bonds is 7. The average Bonchev–Trinajstić information content (AvgIpc) is 2.09. The van der Waals surface area contributed by atoms with Crippen molar-refractivity contribution in [3.8, 4) is 0 Å². The fourth-order valence-electron chi connectivity index (χ4n) is 2.16. The highest BCUT2D eigenvalue weighted by atomic mass is 16.4. The molecule has 0 aliphatic rings. The highest BCUT2D eigenvalue weighted by molar-refractivity contribution is 6.64. The molecule has 0 aliphatic heterocycles. The van der Waals surface area contributed by atoms with Crippen LogP contribution in [0.4, 0.5) is 0 Å². The monoisotopic (exact) mass is 256 g/mol. The lowest BCUT2D eigenvalue weighted by atomic mass is 9.30. The van der Waals surface area contributed by atoms with E-state index in [0.717, 1.165) is 0 Å². The molecule has 0 rings (SSSR count). The summed E-state index contributed by atoms with van der Waals surface area (Å²) in [6, 6.07) is 0. The number of Topliss-reactive ketones (excluding diaryl/α,β-unsaturated/α-hetero) is 1. The SMILES string of the molecule is [B]C(C)(C)O[B]C(C)(C)[B]C(C)(C)C(=O)C([B])(C)C. The molecule has 0 aromatic carbocycles. The van der Waals surface area contributed by atoms with Gasteiger partial charge in [-0.2, -0.15) is 0 Å². The van der Waals surface area contributed by atoms with Crippen LogP contribution in [0, 0.1) is 0 Å². The molecule has 0 amide bonds. The van der Waals surface area contributed by atoms with Gasteiger partial charge in [0.2, 0.25) is 0 Å². The Hall–Kier alpha value is -0.110. The van der Waals surface area contributed by atoms with Crippen LogP contribution < -0.4 is 0 Å². The minimum absolute atomic E-state index is 0.00603. The summed E-state index contributed by atoms with van der Waals surface area (Å²) in [5.41, 5.74) is -0.730. The van der Waals surface area contributed by atoms with Gasteiger partial charge in [-0.25, -0.2) is 0 Å². The molecule has 0 saturated carbocycles. The molecular formula is C13H24B4O2. The maximum Gasteiger partial charge on any atom is 0.289 e. The lowest BCUT2D eigenvalue weighted by Gasteiger charge is -2.37. The first kappa shape index (κ1) is 18.9. The predicted molar refractivity (Wildman–Crippen MR) is 85.3 cm³/mol. The molecule has 0 aromatic heterocycles. The Morgan fingerprint density at radius 3 is 1.68 bits per heavy atom. The van der Waals surface area contributed by atoms with Crippen molar-refractivity contribution in [1.29, 1.82) is 0 Å². The Balaban J connectivity index is 4.77. The van der Waals surface area contributed by atoms with E-state index in [1.54, 1.807) is 35.2 Å². The van der Waals surface area contributed by atoms with Crippen LogP contribution in [0.5, 0.6) is 0 Å². The zero-order chi connectivity index (χ0) is 15.7. The van der Waals surface area contributed by atoms with Crippen LogP contribution in [0.3, 0.4) is 0 Å². The third-order valence-electron chi connectivity index (χ3n) is 2.57. The van der Waals surface area contributed by atoms with Gasteiger partial charge in [0, 0.05) is 5.50 Å². The standard InChI is InChI=1S/C13H24B4O2/c1-10(2,14)9(18)11(3,4)16-13(7,8)17-19-12(5,6)15/h1-8H3. The molecule has 0 heterocycles. The third-order valence-corrected chi connectivity index (χ3v) is 2.57. The molecule has 19 heavy (non-hydrogen) atoms. The minimum Gasteiger partial charge on any atom is -0.444 e. The molecule has 2 nitrogen and oxygen atoms in total. The number of hydrogen-bond acceptors (Lipinski definition) is 2. The topological polar surface area (TPSA) is 26.3 Å². The molecular weight excluding hydrogens is 231 g/mol. The Kier molecular flexibility index (Phi) is 5.68. The summed E-state index contributed by atoms with van der Waals surface area (Å²) in [5, 5.41) is -1.88. The van der Waals surface area contributed by atoms with Crippen molar-refractivity contribution >= 4 is 36.2 Å². The average molecular weight is 256 g/mol. The van der Waals surface area contributed by atoms with Crippen molar-refractivity contribution in [2.24, 2.45) is 0 Å². The van der Waals surface area contributed by atoms with E-state index in [-0.39, 0.29) is 11.0 Å². The van der Waals surface area contributed by atoms with Gasteiger partial charge in [0.15, 0.2) is 0 Å². The maximum atomic E-state index is 12.3. The van der Waals surface area contributed by atoms with Crippen LogP contribution in [0.2, 0.25) is 15.8 Å². The quantitative estimate of drug-likeness (QED) is 0.654. The fraction of sp³-hybridized carbons (Fsp3) is 0.923. The zero-order valence-electron chi connectivity index (χ0n) is 13.6. The van der Waals surface area contributed by atoms with Crippen molar-refractivity contribution < 1.29 is 9.45 Å². The summed E-state index contributed by atoms with van der Waals surface area (Å²) in [5.74, 6) is -0.00603. The highest BCUT2D eigenvalue weighted by Gasteiger charge is 2.41. The summed E-state index contributed by atoms with van der Waals surface area (Å²) in [6.07, 6.45) is 0. The Morgan fingerprint density at radius 1 is 0.947 bits per heavy atom. The van der Waals surface area contributed by atoms with E-state index in [1.807, 2.05) is 35.0 Å². The molecule has 0 aliphatic carbocycles. The smallest absolute Gasteiger partial charge is 0.289 e. The first-order valence-corrected chi connectivity index (χ1v) is 6.59. The van der Waals surface area contributed by atoms with Crippen LogP contribution in [0.1, 0.15) is 55.4 Å². The molecule has 0 unspecified atom stereocenters. The molecule has 6 heteroatoms. The van der Waals surface area contributed by atoms with Gasteiger partial charge in [0.1, 0.15) is 20.9 Å². The second kappa shape index (κ2) is 5.71. The van der Waals surface area contributed by atoms with E-state index in [4.69, 9.17) is 20.3 Å². The summed E-state index contributed by atoms with van der Waals surface area (Å²) in [7, 11) is 15.3. The Morgan fingerprint density at radius 2 is 1.37 bits per heavy atom. The molecule has 0 fully saturated rings. The Bertz CT molecular complexity index is 325. The maximum absolute atomic E-state index is 12.3. The van der Waals surface area contributed by atoms with E-state index < -0.39 is 16.1 Å². The molecule has 0 aromatic rings. The number of ketones is 1. The zero-order valence-corrected chi connectivity index (χ0v) is 13.6. The van der Waals surface area contributed by atoms with E-state index in [2.05, 4.69) is 0 Å². The molecule has 0 bridgehead atoms. The van der Waals surface area contributed by atoms with Gasteiger partial charge in [-0.15, -0.1) is 0 Å². The highest BCUT2D eigenvalue weighted by Crippen LogP contribution is 2.42. The van der Waals surface area contributed by atoms with Crippen molar-refractivity contribution in [3.63, 3.8) is 0 Å². The van der Waals surface area contributed by atoms with Crippen LogP contribution in [0.15, 0.2) is 0 Å². The van der Waals surface area contributed by atoms with Gasteiger partial charge in [-0.05, 0) is 24.5 Å². The number of hydrogen-bond donors (Lipinski definition) is 0. The van der Waals surface area contributed by atoms with E-state index in [9.17, 15) is 4.79 Å². The summed E-state index contributed by atoms with van der Waals surface area (Å²) >= 11 is 0. The largest absolute Gasteiger partial charge is 0.444 e. The van der Waals surface area contributed by atoms with Gasteiger partial charge >= 0.3 is 0 Å². The first-order chi connectivity index (χ1) is 8.07. The van der Waals surface area contributed by atoms with Gasteiger partial charge in [-0.1, -0.05) is 46.8 Å². The van der Waals surface area contributed by atoms with E-state index >= 15 is 0 Å². The van der Waals surface area contributed by atoms with Gasteiger partial charge in [0.25, 0.3) is 7.48 Å². The summed E-state index contributed by atoms with van der Waals surface area (Å²) in [4.78, 5) is 12.3.